The number of anilines is 1. The van der Waals surface area contributed by atoms with E-state index in [-0.39, 0.29) is 11.6 Å². The summed E-state index contributed by atoms with van der Waals surface area (Å²) in [4.78, 5) is 8.28. The van der Waals surface area contributed by atoms with Gasteiger partial charge in [0, 0.05) is 28.0 Å². The van der Waals surface area contributed by atoms with Gasteiger partial charge in [0.05, 0.1) is 5.69 Å². The third-order valence-electron chi connectivity index (χ3n) is 2.63. The Morgan fingerprint density at radius 3 is 2.75 bits per heavy atom. The minimum absolute atomic E-state index is 0.0337. The largest absolute Gasteiger partial charge is 0.396 e. The Hall–Kier alpha value is -2.28. The predicted octanol–water partition coefficient (Wildman–Crippen LogP) is 3.28. The molecule has 5 nitrogen and oxygen atoms in total. The van der Waals surface area contributed by atoms with Gasteiger partial charge in [-0.3, -0.25) is 4.98 Å². The maximum atomic E-state index is 13.1. The second-order valence-electron chi connectivity index (χ2n) is 4.05. The number of benzene rings is 1. The monoisotopic (exact) mass is 334 g/mol. The molecule has 1 aromatic carbocycles. The quantitative estimate of drug-likeness (QED) is 0.727. The van der Waals surface area contributed by atoms with Crippen molar-refractivity contribution in [1.82, 2.24) is 15.1 Å². The number of hydrogen-bond donors (Lipinski definition) is 1. The van der Waals surface area contributed by atoms with Crippen LogP contribution >= 0.6 is 15.9 Å². The van der Waals surface area contributed by atoms with Crippen molar-refractivity contribution >= 4 is 21.6 Å². The lowest BCUT2D eigenvalue weighted by molar-refractivity contribution is 0.432. The average Bonchev–Trinajstić information content (AvgIpc) is 2.92. The maximum absolute atomic E-state index is 13.1. The molecule has 0 radical (unpaired) electrons. The van der Waals surface area contributed by atoms with Crippen LogP contribution in [0.2, 0.25) is 0 Å². The Balaban J connectivity index is 1.99. The highest BCUT2D eigenvalue weighted by molar-refractivity contribution is 9.10. The van der Waals surface area contributed by atoms with Crippen LogP contribution in [-0.4, -0.2) is 15.1 Å². The van der Waals surface area contributed by atoms with Crippen LogP contribution in [-0.2, 0) is 0 Å². The van der Waals surface area contributed by atoms with E-state index in [1.165, 1.54) is 18.2 Å². The molecule has 0 unspecified atom stereocenters. The van der Waals surface area contributed by atoms with E-state index in [0.29, 0.717) is 17.0 Å². The summed E-state index contributed by atoms with van der Waals surface area (Å²) in [5.41, 5.74) is 6.82. The van der Waals surface area contributed by atoms with Crippen LogP contribution in [0.4, 0.5) is 10.1 Å². The fraction of sp³-hybridized carbons (Fsp3) is 0. The van der Waals surface area contributed by atoms with E-state index >= 15 is 0 Å². The summed E-state index contributed by atoms with van der Waals surface area (Å²) >= 11 is 3.32. The molecule has 0 bridgehead atoms. The first-order valence-corrected chi connectivity index (χ1v) is 6.43. The second kappa shape index (κ2) is 5.01. The van der Waals surface area contributed by atoms with Crippen LogP contribution in [0.3, 0.4) is 0 Å². The zero-order valence-electron chi connectivity index (χ0n) is 10.0. The summed E-state index contributed by atoms with van der Waals surface area (Å²) in [6, 6.07) is 6.06. The van der Waals surface area contributed by atoms with Crippen molar-refractivity contribution in [2.24, 2.45) is 0 Å². The first-order chi connectivity index (χ1) is 9.63. The second-order valence-corrected chi connectivity index (χ2v) is 4.97. The number of rotatable bonds is 2. The van der Waals surface area contributed by atoms with Gasteiger partial charge in [-0.15, -0.1) is 0 Å². The number of nitrogen functional groups attached to an aromatic ring is 1. The highest BCUT2D eigenvalue weighted by atomic mass is 79.9. The molecule has 0 fully saturated rings. The highest BCUT2D eigenvalue weighted by Crippen LogP contribution is 2.25. The van der Waals surface area contributed by atoms with Crippen molar-refractivity contribution < 1.29 is 8.91 Å². The first-order valence-electron chi connectivity index (χ1n) is 5.63. The van der Waals surface area contributed by atoms with E-state index in [0.717, 1.165) is 4.47 Å². The van der Waals surface area contributed by atoms with Gasteiger partial charge >= 0.3 is 0 Å². The first kappa shape index (κ1) is 12.7. The molecule has 0 aliphatic carbocycles. The summed E-state index contributed by atoms with van der Waals surface area (Å²) in [7, 11) is 0. The van der Waals surface area contributed by atoms with E-state index in [1.807, 2.05) is 6.07 Å². The topological polar surface area (TPSA) is 77.8 Å². The van der Waals surface area contributed by atoms with E-state index < -0.39 is 5.82 Å². The minimum Gasteiger partial charge on any atom is -0.396 e. The molecule has 2 N–H and O–H groups in total. The molecule has 20 heavy (non-hydrogen) atoms. The predicted molar refractivity (Wildman–Crippen MR) is 75.0 cm³/mol. The van der Waals surface area contributed by atoms with Gasteiger partial charge in [-0.05, 0) is 40.2 Å². The van der Waals surface area contributed by atoms with Gasteiger partial charge < -0.3 is 10.3 Å². The fourth-order valence-electron chi connectivity index (χ4n) is 1.67. The number of halogens is 2. The highest BCUT2D eigenvalue weighted by Gasteiger charge is 2.12. The van der Waals surface area contributed by atoms with Gasteiger partial charge in [0.2, 0.25) is 5.82 Å². The van der Waals surface area contributed by atoms with Crippen LogP contribution in [0.25, 0.3) is 22.8 Å². The summed E-state index contributed by atoms with van der Waals surface area (Å²) in [6.45, 7) is 0. The molecule has 0 atom stereocenters. The molecule has 3 rings (SSSR count). The van der Waals surface area contributed by atoms with Crippen molar-refractivity contribution in [1.29, 1.82) is 0 Å². The average molecular weight is 335 g/mol. The maximum Gasteiger partial charge on any atom is 0.258 e. The van der Waals surface area contributed by atoms with Crippen LogP contribution < -0.4 is 5.73 Å². The van der Waals surface area contributed by atoms with Gasteiger partial charge in [0.15, 0.2) is 0 Å². The van der Waals surface area contributed by atoms with Crippen LogP contribution in [0, 0.1) is 5.82 Å². The molecule has 0 aliphatic rings. The lowest BCUT2D eigenvalue weighted by Crippen LogP contribution is -1.90. The Bertz CT molecular complexity index is 775. The van der Waals surface area contributed by atoms with E-state index in [1.54, 1.807) is 12.4 Å². The number of pyridine rings is 1. The molecular formula is C13H8BrFN4O. The van der Waals surface area contributed by atoms with Crippen LogP contribution in [0.1, 0.15) is 0 Å². The Morgan fingerprint density at radius 2 is 2.00 bits per heavy atom. The summed E-state index contributed by atoms with van der Waals surface area (Å²) < 4.78 is 19.1. The molecule has 3 aromatic rings. The van der Waals surface area contributed by atoms with Crippen LogP contribution in [0.5, 0.6) is 0 Å². The molecule has 0 amide bonds. The van der Waals surface area contributed by atoms with Gasteiger partial charge in [-0.25, -0.2) is 4.39 Å². The molecule has 100 valence electrons. The zero-order valence-corrected chi connectivity index (χ0v) is 11.6. The van der Waals surface area contributed by atoms with Crippen molar-refractivity contribution in [3.05, 3.63) is 46.9 Å². The number of nitrogens with zero attached hydrogens (tertiary/aromatic N) is 3. The SMILES string of the molecule is Nc1cc(-c2nc(-c3cncc(Br)c3)no2)ccc1F. The number of nitrogens with two attached hydrogens (primary N) is 1. The lowest BCUT2D eigenvalue weighted by atomic mass is 10.2. The number of aromatic nitrogens is 3. The molecule has 0 saturated heterocycles. The fourth-order valence-corrected chi connectivity index (χ4v) is 2.03. The van der Waals surface area contributed by atoms with E-state index in [4.69, 9.17) is 10.3 Å². The molecule has 7 heteroatoms. The lowest BCUT2D eigenvalue weighted by Gasteiger charge is -1.98. The Kier molecular flexibility index (Phi) is 3.19. The van der Waals surface area contributed by atoms with Crippen LogP contribution in [0.15, 0.2) is 45.7 Å². The third-order valence-corrected chi connectivity index (χ3v) is 3.07. The Morgan fingerprint density at radius 1 is 1.15 bits per heavy atom. The zero-order chi connectivity index (χ0) is 14.1. The summed E-state index contributed by atoms with van der Waals surface area (Å²) in [6.07, 6.45) is 3.28. The van der Waals surface area contributed by atoms with E-state index in [2.05, 4.69) is 31.1 Å². The van der Waals surface area contributed by atoms with Crippen molar-refractivity contribution in [3.8, 4) is 22.8 Å². The molecular weight excluding hydrogens is 327 g/mol. The molecule has 0 aliphatic heterocycles. The standard InChI is InChI=1S/C13H8BrFN4O/c14-9-3-8(5-17-6-9)12-18-13(20-19-12)7-1-2-10(15)11(16)4-7/h1-6H,16H2. The number of hydrogen-bond acceptors (Lipinski definition) is 5. The van der Waals surface area contributed by atoms with Gasteiger partial charge in [-0.2, -0.15) is 4.98 Å². The van der Waals surface area contributed by atoms with Crippen molar-refractivity contribution in [2.75, 3.05) is 5.73 Å². The van der Waals surface area contributed by atoms with Gasteiger partial charge in [0.25, 0.3) is 5.89 Å². The van der Waals surface area contributed by atoms with Gasteiger partial charge in [0.1, 0.15) is 5.82 Å². The smallest absolute Gasteiger partial charge is 0.258 e. The summed E-state index contributed by atoms with van der Waals surface area (Å²) in [5, 5.41) is 3.87. The van der Waals surface area contributed by atoms with Crippen molar-refractivity contribution in [2.45, 2.75) is 0 Å². The van der Waals surface area contributed by atoms with E-state index in [9.17, 15) is 4.39 Å². The third kappa shape index (κ3) is 2.39. The normalized spacial score (nSPS) is 10.7. The Labute approximate surface area is 121 Å². The molecule has 0 saturated carbocycles. The van der Waals surface area contributed by atoms with Crippen molar-refractivity contribution in [3.63, 3.8) is 0 Å². The molecule has 2 heterocycles. The minimum atomic E-state index is -0.482. The van der Waals surface area contributed by atoms with Gasteiger partial charge in [-0.1, -0.05) is 5.16 Å². The summed E-state index contributed by atoms with van der Waals surface area (Å²) in [5.74, 6) is 0.188. The molecule has 0 spiro atoms. The molecule has 2 aromatic heterocycles.